The first kappa shape index (κ1) is 14.6. The molecule has 1 N–H and O–H groups in total. The summed E-state index contributed by atoms with van der Waals surface area (Å²) in [6.45, 7) is 2.09. The number of rotatable bonds is 5. The van der Waals surface area contributed by atoms with E-state index in [1.54, 1.807) is 12.1 Å². The molecule has 0 spiro atoms. The summed E-state index contributed by atoms with van der Waals surface area (Å²) in [7, 11) is 1.25. The Morgan fingerprint density at radius 3 is 2.71 bits per heavy atom. The number of nitrogens with one attached hydrogen (secondary N) is 1. The van der Waals surface area contributed by atoms with Crippen molar-refractivity contribution in [1.82, 2.24) is 0 Å². The van der Waals surface area contributed by atoms with Crippen LogP contribution in [0.3, 0.4) is 0 Å². The number of furan rings is 1. The number of nitrogens with zero attached hydrogens (tertiary/aromatic N) is 1. The van der Waals surface area contributed by atoms with Gasteiger partial charge in [-0.3, -0.25) is 10.1 Å². The van der Waals surface area contributed by atoms with Crippen molar-refractivity contribution < 1.29 is 18.9 Å². The molecule has 0 saturated heterocycles. The quantitative estimate of drug-likeness (QED) is 0.517. The molecule has 0 unspecified atom stereocenters. The van der Waals surface area contributed by atoms with Crippen LogP contribution in [0.1, 0.15) is 21.9 Å². The number of aryl methyl sites for hydroxylation is 1. The molecule has 0 atom stereocenters. The number of benzene rings is 1. The number of nitro benzene ring substituents is 1. The van der Waals surface area contributed by atoms with Crippen LogP contribution in [0.4, 0.5) is 11.4 Å². The largest absolute Gasteiger partial charge is 0.465 e. The number of esters is 1. The van der Waals surface area contributed by atoms with E-state index >= 15 is 0 Å². The van der Waals surface area contributed by atoms with Crippen molar-refractivity contribution in [2.24, 2.45) is 0 Å². The number of carbonyl (C=O) groups is 1. The van der Waals surface area contributed by atoms with Gasteiger partial charge in [-0.25, -0.2) is 4.79 Å². The monoisotopic (exact) mass is 290 g/mol. The maximum absolute atomic E-state index is 11.5. The van der Waals surface area contributed by atoms with E-state index in [-0.39, 0.29) is 23.5 Å². The lowest BCUT2D eigenvalue weighted by Crippen LogP contribution is -2.06. The molecule has 1 aromatic heterocycles. The molecule has 2 aromatic rings. The van der Waals surface area contributed by atoms with Gasteiger partial charge in [0, 0.05) is 6.07 Å². The lowest BCUT2D eigenvalue weighted by molar-refractivity contribution is -0.384. The highest BCUT2D eigenvalue weighted by atomic mass is 16.6. The highest BCUT2D eigenvalue weighted by Crippen LogP contribution is 2.26. The standard InChI is InChI=1S/C14H14N2O5/c1-9-3-5-11(21-9)8-15-12-7-10(14(17)20-2)4-6-13(12)16(18)19/h3-7,15H,8H2,1-2H3. The van der Waals surface area contributed by atoms with Crippen molar-refractivity contribution in [3.63, 3.8) is 0 Å². The Hall–Kier alpha value is -2.83. The van der Waals surface area contributed by atoms with E-state index in [1.807, 2.05) is 6.92 Å². The summed E-state index contributed by atoms with van der Waals surface area (Å²) in [5.74, 6) is 0.844. The summed E-state index contributed by atoms with van der Waals surface area (Å²) in [5, 5.41) is 13.9. The van der Waals surface area contributed by atoms with Crippen molar-refractivity contribution >= 4 is 17.3 Å². The number of ether oxygens (including phenoxy) is 1. The van der Waals surface area contributed by atoms with Crippen LogP contribution >= 0.6 is 0 Å². The number of carbonyl (C=O) groups excluding carboxylic acids is 1. The van der Waals surface area contributed by atoms with Crippen LogP contribution in [0.5, 0.6) is 0 Å². The molecule has 110 valence electrons. The molecule has 0 aliphatic heterocycles. The molecule has 0 radical (unpaired) electrons. The van der Waals surface area contributed by atoms with Crippen LogP contribution in [-0.4, -0.2) is 18.0 Å². The summed E-state index contributed by atoms with van der Waals surface area (Å²) >= 11 is 0. The molecule has 0 aliphatic rings. The van der Waals surface area contributed by atoms with E-state index < -0.39 is 10.9 Å². The van der Waals surface area contributed by atoms with Crippen LogP contribution in [0, 0.1) is 17.0 Å². The van der Waals surface area contributed by atoms with Crippen LogP contribution in [0.15, 0.2) is 34.7 Å². The number of hydrogen-bond donors (Lipinski definition) is 1. The van der Waals surface area contributed by atoms with Crippen molar-refractivity contribution in [2.45, 2.75) is 13.5 Å². The first-order valence-electron chi connectivity index (χ1n) is 6.17. The minimum Gasteiger partial charge on any atom is -0.465 e. The molecule has 0 saturated carbocycles. The fraction of sp³-hybridized carbons (Fsp3) is 0.214. The van der Waals surface area contributed by atoms with Crippen LogP contribution in [0.2, 0.25) is 0 Å². The number of hydrogen-bond acceptors (Lipinski definition) is 6. The lowest BCUT2D eigenvalue weighted by Gasteiger charge is -2.07. The fourth-order valence-corrected chi connectivity index (χ4v) is 1.84. The lowest BCUT2D eigenvalue weighted by atomic mass is 10.1. The first-order valence-corrected chi connectivity index (χ1v) is 6.17. The zero-order valence-corrected chi connectivity index (χ0v) is 11.6. The molecule has 0 bridgehead atoms. The second kappa shape index (κ2) is 6.08. The van der Waals surface area contributed by atoms with Crippen molar-refractivity contribution in [2.75, 3.05) is 12.4 Å². The second-order valence-electron chi connectivity index (χ2n) is 4.35. The van der Waals surface area contributed by atoms with Gasteiger partial charge in [0.05, 0.1) is 24.1 Å². The molecule has 21 heavy (non-hydrogen) atoms. The minimum atomic E-state index is -0.554. The summed E-state index contributed by atoms with van der Waals surface area (Å²) in [6.07, 6.45) is 0. The SMILES string of the molecule is COC(=O)c1ccc([N+](=O)[O-])c(NCc2ccc(C)o2)c1. The fourth-order valence-electron chi connectivity index (χ4n) is 1.84. The molecule has 7 heteroatoms. The van der Waals surface area contributed by atoms with Crippen LogP contribution in [0.25, 0.3) is 0 Å². The summed E-state index contributed by atoms with van der Waals surface area (Å²) in [6, 6.07) is 7.59. The third-order valence-corrected chi connectivity index (χ3v) is 2.86. The van der Waals surface area contributed by atoms with Crippen molar-refractivity contribution in [1.29, 1.82) is 0 Å². The van der Waals surface area contributed by atoms with Gasteiger partial charge in [-0.05, 0) is 31.2 Å². The summed E-state index contributed by atoms with van der Waals surface area (Å²) in [4.78, 5) is 22.0. The van der Waals surface area contributed by atoms with Gasteiger partial charge in [0.1, 0.15) is 17.2 Å². The minimum absolute atomic E-state index is 0.120. The molecular formula is C14H14N2O5. The smallest absolute Gasteiger partial charge is 0.337 e. The third kappa shape index (κ3) is 3.38. The number of nitro groups is 1. The zero-order chi connectivity index (χ0) is 15.4. The Balaban J connectivity index is 2.25. The predicted octanol–water partition coefficient (Wildman–Crippen LogP) is 2.89. The molecule has 0 aliphatic carbocycles. The van der Waals surface area contributed by atoms with Crippen molar-refractivity contribution in [3.05, 3.63) is 57.5 Å². The van der Waals surface area contributed by atoms with E-state index in [4.69, 9.17) is 4.42 Å². The van der Waals surface area contributed by atoms with Gasteiger partial charge in [0.15, 0.2) is 0 Å². The number of anilines is 1. The van der Waals surface area contributed by atoms with Gasteiger partial charge in [0.2, 0.25) is 0 Å². The maximum atomic E-state index is 11.5. The van der Waals surface area contributed by atoms with E-state index in [0.717, 1.165) is 5.76 Å². The van der Waals surface area contributed by atoms with Gasteiger partial charge >= 0.3 is 5.97 Å². The Bertz CT molecular complexity index is 678. The molecular weight excluding hydrogens is 276 g/mol. The molecule has 7 nitrogen and oxygen atoms in total. The Kier molecular flexibility index (Phi) is 4.22. The topological polar surface area (TPSA) is 94.6 Å². The van der Waals surface area contributed by atoms with Gasteiger partial charge in [-0.15, -0.1) is 0 Å². The average molecular weight is 290 g/mol. The zero-order valence-electron chi connectivity index (χ0n) is 11.6. The molecule has 1 heterocycles. The van der Waals surface area contributed by atoms with Gasteiger partial charge < -0.3 is 14.5 Å². The molecule has 0 fully saturated rings. The summed E-state index contributed by atoms with van der Waals surface area (Å²) in [5.41, 5.74) is 0.351. The highest BCUT2D eigenvalue weighted by Gasteiger charge is 2.17. The van der Waals surface area contributed by atoms with E-state index in [0.29, 0.717) is 5.76 Å². The normalized spacial score (nSPS) is 10.2. The Morgan fingerprint density at radius 2 is 2.14 bits per heavy atom. The highest BCUT2D eigenvalue weighted by molar-refractivity contribution is 5.91. The second-order valence-corrected chi connectivity index (χ2v) is 4.35. The Morgan fingerprint density at radius 1 is 1.38 bits per heavy atom. The first-order chi connectivity index (χ1) is 10.0. The van der Waals surface area contributed by atoms with E-state index in [1.165, 1.54) is 25.3 Å². The maximum Gasteiger partial charge on any atom is 0.337 e. The van der Waals surface area contributed by atoms with Crippen LogP contribution in [-0.2, 0) is 11.3 Å². The van der Waals surface area contributed by atoms with E-state index in [9.17, 15) is 14.9 Å². The van der Waals surface area contributed by atoms with E-state index in [2.05, 4.69) is 10.1 Å². The third-order valence-electron chi connectivity index (χ3n) is 2.86. The van der Waals surface area contributed by atoms with Gasteiger partial charge in [-0.2, -0.15) is 0 Å². The Labute approximate surface area is 120 Å². The molecule has 2 rings (SSSR count). The predicted molar refractivity (Wildman–Crippen MR) is 75.2 cm³/mol. The van der Waals surface area contributed by atoms with Gasteiger partial charge in [-0.1, -0.05) is 0 Å². The average Bonchev–Trinajstić information content (AvgIpc) is 2.89. The van der Waals surface area contributed by atoms with Gasteiger partial charge in [0.25, 0.3) is 5.69 Å². The van der Waals surface area contributed by atoms with Crippen molar-refractivity contribution in [3.8, 4) is 0 Å². The van der Waals surface area contributed by atoms with Crippen LogP contribution < -0.4 is 5.32 Å². The number of methoxy groups -OCH3 is 1. The molecule has 0 amide bonds. The summed E-state index contributed by atoms with van der Waals surface area (Å²) < 4.78 is 9.98. The molecule has 1 aromatic carbocycles.